The van der Waals surface area contributed by atoms with Crippen molar-refractivity contribution in [3.8, 4) is 5.75 Å². The van der Waals surface area contributed by atoms with Gasteiger partial charge in [0.2, 0.25) is 15.9 Å². The Labute approximate surface area is 172 Å². The van der Waals surface area contributed by atoms with Gasteiger partial charge in [-0.2, -0.15) is 0 Å². The first-order chi connectivity index (χ1) is 13.7. The molecule has 29 heavy (non-hydrogen) atoms. The van der Waals surface area contributed by atoms with Gasteiger partial charge in [-0.1, -0.05) is 18.2 Å². The Hall–Kier alpha value is -2.84. The summed E-state index contributed by atoms with van der Waals surface area (Å²) in [5.41, 5.74) is 2.69. The summed E-state index contributed by atoms with van der Waals surface area (Å²) in [5, 5.41) is 0. The SMILES string of the molecule is CNS(=O)(=O)c1cc(/C=C/C(=O)N(C)Cc2ccc(N(C)C)cc2)ccc1OC. The smallest absolute Gasteiger partial charge is 0.246 e. The topological polar surface area (TPSA) is 79.0 Å². The fourth-order valence-electron chi connectivity index (χ4n) is 2.66. The maximum atomic E-state index is 12.4. The second-order valence-corrected chi connectivity index (χ2v) is 8.56. The van der Waals surface area contributed by atoms with Crippen LogP contribution in [0.25, 0.3) is 6.08 Å². The van der Waals surface area contributed by atoms with Gasteiger partial charge in [0.15, 0.2) is 0 Å². The average molecular weight is 418 g/mol. The fourth-order valence-corrected chi connectivity index (χ4v) is 3.59. The molecule has 0 atom stereocenters. The number of hydrogen-bond acceptors (Lipinski definition) is 5. The molecular weight excluding hydrogens is 390 g/mol. The molecule has 2 rings (SSSR count). The van der Waals surface area contributed by atoms with Gasteiger partial charge in [-0.05, 0) is 48.5 Å². The lowest BCUT2D eigenvalue weighted by atomic mass is 10.1. The van der Waals surface area contributed by atoms with Gasteiger partial charge in [-0.15, -0.1) is 0 Å². The number of nitrogens with zero attached hydrogens (tertiary/aromatic N) is 2. The van der Waals surface area contributed by atoms with Crippen molar-refractivity contribution in [1.29, 1.82) is 0 Å². The van der Waals surface area contributed by atoms with Gasteiger partial charge in [0.1, 0.15) is 10.6 Å². The highest BCUT2D eigenvalue weighted by Crippen LogP contribution is 2.25. The number of likely N-dealkylation sites (N-methyl/N-ethyl adjacent to an activating group) is 1. The number of rotatable bonds is 8. The molecule has 2 aromatic rings. The number of amides is 1. The van der Waals surface area contributed by atoms with Crippen LogP contribution in [0.3, 0.4) is 0 Å². The van der Waals surface area contributed by atoms with Crippen molar-refractivity contribution in [1.82, 2.24) is 9.62 Å². The second-order valence-electron chi connectivity index (χ2n) is 6.71. The molecule has 0 saturated heterocycles. The minimum Gasteiger partial charge on any atom is -0.495 e. The minimum atomic E-state index is -3.68. The van der Waals surface area contributed by atoms with E-state index in [1.807, 2.05) is 43.3 Å². The Kier molecular flexibility index (Phi) is 7.41. The second kappa shape index (κ2) is 9.58. The molecule has 156 valence electrons. The number of anilines is 1. The van der Waals surface area contributed by atoms with E-state index in [0.29, 0.717) is 12.1 Å². The van der Waals surface area contributed by atoms with Crippen molar-refractivity contribution in [2.75, 3.05) is 40.2 Å². The predicted molar refractivity (Wildman–Crippen MR) is 116 cm³/mol. The van der Waals surface area contributed by atoms with Gasteiger partial charge >= 0.3 is 0 Å². The van der Waals surface area contributed by atoms with Gasteiger partial charge in [-0.3, -0.25) is 4.79 Å². The largest absolute Gasteiger partial charge is 0.495 e. The monoisotopic (exact) mass is 417 g/mol. The highest BCUT2D eigenvalue weighted by molar-refractivity contribution is 7.89. The van der Waals surface area contributed by atoms with Gasteiger partial charge in [0.25, 0.3) is 0 Å². The van der Waals surface area contributed by atoms with E-state index in [9.17, 15) is 13.2 Å². The molecule has 0 aliphatic carbocycles. The number of hydrogen-bond donors (Lipinski definition) is 1. The maximum Gasteiger partial charge on any atom is 0.246 e. The highest BCUT2D eigenvalue weighted by Gasteiger charge is 2.17. The Morgan fingerprint density at radius 1 is 1.10 bits per heavy atom. The molecule has 1 N–H and O–H groups in total. The lowest BCUT2D eigenvalue weighted by Gasteiger charge is -2.17. The van der Waals surface area contributed by atoms with Crippen LogP contribution in [0, 0.1) is 0 Å². The van der Waals surface area contributed by atoms with Crippen LogP contribution in [0.15, 0.2) is 53.4 Å². The number of carbonyl (C=O) groups is 1. The Morgan fingerprint density at radius 2 is 1.76 bits per heavy atom. The van der Waals surface area contributed by atoms with E-state index in [1.165, 1.54) is 26.3 Å². The van der Waals surface area contributed by atoms with E-state index in [4.69, 9.17) is 4.74 Å². The van der Waals surface area contributed by atoms with Crippen molar-refractivity contribution < 1.29 is 17.9 Å². The summed E-state index contributed by atoms with van der Waals surface area (Å²) in [5.74, 6) is 0.0524. The molecule has 0 aliphatic heterocycles. The zero-order valence-electron chi connectivity index (χ0n) is 17.3. The first-order valence-corrected chi connectivity index (χ1v) is 10.5. The van der Waals surface area contributed by atoms with Crippen LogP contribution in [0.1, 0.15) is 11.1 Å². The molecular formula is C21H27N3O4S. The summed E-state index contributed by atoms with van der Waals surface area (Å²) < 4.78 is 31.7. The van der Waals surface area contributed by atoms with E-state index >= 15 is 0 Å². The molecule has 0 aromatic heterocycles. The molecule has 0 heterocycles. The number of methoxy groups -OCH3 is 1. The van der Waals surface area contributed by atoms with Crippen molar-refractivity contribution in [2.45, 2.75) is 11.4 Å². The molecule has 0 fully saturated rings. The molecule has 0 radical (unpaired) electrons. The van der Waals surface area contributed by atoms with Crippen molar-refractivity contribution in [3.63, 3.8) is 0 Å². The van der Waals surface area contributed by atoms with Crippen LogP contribution in [-0.2, 0) is 21.4 Å². The van der Waals surface area contributed by atoms with E-state index in [2.05, 4.69) is 4.72 Å². The van der Waals surface area contributed by atoms with E-state index in [1.54, 1.807) is 30.2 Å². The number of sulfonamides is 1. The van der Waals surface area contributed by atoms with E-state index < -0.39 is 10.0 Å². The number of benzene rings is 2. The molecule has 0 saturated carbocycles. The molecule has 0 unspecified atom stereocenters. The Balaban J connectivity index is 2.12. The van der Waals surface area contributed by atoms with Crippen molar-refractivity contribution >= 4 is 27.7 Å². The van der Waals surface area contributed by atoms with Crippen LogP contribution in [0.4, 0.5) is 5.69 Å². The minimum absolute atomic E-state index is 0.0198. The number of nitrogens with one attached hydrogen (secondary N) is 1. The third-order valence-corrected chi connectivity index (χ3v) is 5.85. The zero-order valence-corrected chi connectivity index (χ0v) is 18.2. The fraction of sp³-hybridized carbons (Fsp3) is 0.286. The first-order valence-electron chi connectivity index (χ1n) is 8.99. The summed E-state index contributed by atoms with van der Waals surface area (Å²) in [7, 11) is 4.73. The van der Waals surface area contributed by atoms with Crippen molar-refractivity contribution in [3.05, 3.63) is 59.7 Å². The van der Waals surface area contributed by atoms with Crippen molar-refractivity contribution in [2.24, 2.45) is 0 Å². The van der Waals surface area contributed by atoms with Gasteiger partial charge < -0.3 is 14.5 Å². The van der Waals surface area contributed by atoms with Crippen LogP contribution in [0.5, 0.6) is 5.75 Å². The lowest BCUT2D eigenvalue weighted by Crippen LogP contribution is -2.24. The van der Waals surface area contributed by atoms with Gasteiger partial charge in [-0.25, -0.2) is 13.1 Å². The molecule has 2 aromatic carbocycles. The highest BCUT2D eigenvalue weighted by atomic mass is 32.2. The normalized spacial score (nSPS) is 11.5. The third-order valence-electron chi connectivity index (χ3n) is 4.41. The predicted octanol–water partition coefficient (Wildman–Crippen LogP) is 2.34. The van der Waals surface area contributed by atoms with Crippen LogP contribution in [0.2, 0.25) is 0 Å². The number of carbonyl (C=O) groups excluding carboxylic acids is 1. The Morgan fingerprint density at radius 3 is 2.31 bits per heavy atom. The summed E-state index contributed by atoms with van der Waals surface area (Å²) in [6.07, 6.45) is 3.01. The van der Waals surface area contributed by atoms with E-state index in [0.717, 1.165) is 11.3 Å². The molecule has 0 aliphatic rings. The molecule has 7 nitrogen and oxygen atoms in total. The summed E-state index contributed by atoms with van der Waals surface area (Å²) in [4.78, 5) is 16.1. The summed E-state index contributed by atoms with van der Waals surface area (Å²) in [6, 6.07) is 12.7. The molecule has 1 amide bonds. The third kappa shape index (κ3) is 5.82. The molecule has 8 heteroatoms. The average Bonchev–Trinajstić information content (AvgIpc) is 2.72. The van der Waals surface area contributed by atoms with Gasteiger partial charge in [0, 0.05) is 39.5 Å². The Bertz CT molecular complexity index is 983. The zero-order chi connectivity index (χ0) is 21.6. The lowest BCUT2D eigenvalue weighted by molar-refractivity contribution is -0.125. The van der Waals surface area contributed by atoms with Gasteiger partial charge in [0.05, 0.1) is 7.11 Å². The summed E-state index contributed by atoms with van der Waals surface area (Å²) >= 11 is 0. The first kappa shape index (κ1) is 22.4. The van der Waals surface area contributed by atoms with E-state index in [-0.39, 0.29) is 16.6 Å². The quantitative estimate of drug-likeness (QED) is 0.667. The molecule has 0 bridgehead atoms. The maximum absolute atomic E-state index is 12.4. The standard InChI is InChI=1S/C21H27N3O4S/c1-22-29(26,27)20-14-16(8-12-19(20)28-5)9-13-21(25)24(4)15-17-6-10-18(11-7-17)23(2)3/h6-14,22H,15H2,1-5H3/b13-9+. The number of ether oxygens (including phenoxy) is 1. The van der Waals surface area contributed by atoms with Crippen LogP contribution >= 0.6 is 0 Å². The molecule has 0 spiro atoms. The summed E-state index contributed by atoms with van der Waals surface area (Å²) in [6.45, 7) is 0.471. The van der Waals surface area contributed by atoms with Crippen LogP contribution in [-0.4, -0.2) is 54.5 Å². The van der Waals surface area contributed by atoms with Crippen LogP contribution < -0.4 is 14.4 Å².